The largest absolute Gasteiger partial charge is 0.321 e. The molecule has 9 heteroatoms. The van der Waals surface area contributed by atoms with Gasteiger partial charge in [-0.15, -0.1) is 11.3 Å². The molecule has 5 nitrogen and oxygen atoms in total. The fraction of sp³-hybridized carbons (Fsp3) is 0.0588. The number of halogens is 2. The van der Waals surface area contributed by atoms with Gasteiger partial charge in [-0.25, -0.2) is 17.8 Å². The van der Waals surface area contributed by atoms with Crippen molar-refractivity contribution in [2.24, 2.45) is 0 Å². The quantitative estimate of drug-likeness (QED) is 0.641. The second-order valence-electron chi connectivity index (χ2n) is 5.31. The van der Waals surface area contributed by atoms with Gasteiger partial charge in [0.15, 0.2) is 9.84 Å². The summed E-state index contributed by atoms with van der Waals surface area (Å²) in [6.45, 7) is 0. The van der Waals surface area contributed by atoms with Crippen molar-refractivity contribution in [3.05, 3.63) is 75.5 Å². The van der Waals surface area contributed by atoms with Crippen LogP contribution in [0.15, 0.2) is 58.9 Å². The van der Waals surface area contributed by atoms with Crippen LogP contribution in [-0.4, -0.2) is 19.3 Å². The van der Waals surface area contributed by atoms with Gasteiger partial charge >= 0.3 is 0 Å². The number of nitrogens with one attached hydrogen (secondary N) is 1. The normalized spacial score (nSPS) is 11.3. The van der Waals surface area contributed by atoms with Crippen molar-refractivity contribution in [1.29, 1.82) is 0 Å². The third-order valence-electron chi connectivity index (χ3n) is 3.43. The molecular weight excluding hydrogens is 399 g/mol. The number of benzene rings is 1. The molecule has 0 atom stereocenters. The van der Waals surface area contributed by atoms with Gasteiger partial charge < -0.3 is 5.32 Å². The minimum absolute atomic E-state index is 0.00692. The first kappa shape index (κ1) is 18.5. The van der Waals surface area contributed by atoms with Gasteiger partial charge in [0.1, 0.15) is 15.9 Å². The van der Waals surface area contributed by atoms with E-state index in [1.165, 1.54) is 29.7 Å². The van der Waals surface area contributed by atoms with Crippen molar-refractivity contribution in [2.75, 3.05) is 5.32 Å². The Morgan fingerprint density at radius 2 is 2.04 bits per heavy atom. The lowest BCUT2D eigenvalue weighted by Crippen LogP contribution is -2.14. The molecule has 0 unspecified atom stereocenters. The van der Waals surface area contributed by atoms with Gasteiger partial charge in [-0.3, -0.25) is 4.79 Å². The summed E-state index contributed by atoms with van der Waals surface area (Å²) in [5, 5.41) is 4.56. The lowest BCUT2D eigenvalue weighted by atomic mass is 10.2. The van der Waals surface area contributed by atoms with Gasteiger partial charge in [-0.2, -0.15) is 0 Å². The Morgan fingerprint density at radius 3 is 2.65 bits per heavy atom. The maximum atomic E-state index is 14.3. The first-order valence-corrected chi connectivity index (χ1v) is 10.2. The highest BCUT2D eigenvalue weighted by molar-refractivity contribution is 7.90. The highest BCUT2D eigenvalue weighted by atomic mass is 35.5. The maximum absolute atomic E-state index is 14.3. The van der Waals surface area contributed by atoms with Crippen molar-refractivity contribution in [2.45, 2.75) is 10.6 Å². The summed E-state index contributed by atoms with van der Waals surface area (Å²) >= 11 is 6.95. The highest BCUT2D eigenvalue weighted by Gasteiger charge is 2.22. The monoisotopic (exact) mass is 410 g/mol. The fourth-order valence-corrected chi connectivity index (χ4v) is 4.80. The molecule has 3 rings (SSSR count). The summed E-state index contributed by atoms with van der Waals surface area (Å²) in [5.74, 6) is -1.84. The molecule has 26 heavy (non-hydrogen) atoms. The van der Waals surface area contributed by atoms with Crippen molar-refractivity contribution >= 4 is 44.4 Å². The van der Waals surface area contributed by atoms with E-state index in [-0.39, 0.29) is 16.5 Å². The summed E-state index contributed by atoms with van der Waals surface area (Å²) in [7, 11) is -3.84. The third-order valence-corrected chi connectivity index (χ3v) is 6.40. The van der Waals surface area contributed by atoms with Crippen LogP contribution >= 0.6 is 22.9 Å². The molecule has 0 aliphatic rings. The predicted octanol–water partition coefficient (Wildman–Crippen LogP) is 4.16. The molecule has 2 aromatic heterocycles. The van der Waals surface area contributed by atoms with E-state index in [4.69, 9.17) is 11.6 Å². The maximum Gasteiger partial charge on any atom is 0.255 e. The summed E-state index contributed by atoms with van der Waals surface area (Å²) in [6.07, 6.45) is 1.36. The number of thiophene rings is 1. The summed E-state index contributed by atoms with van der Waals surface area (Å²) < 4.78 is 39.1. The molecular formula is C17H12ClFN2O3S2. The molecule has 134 valence electrons. The Bertz CT molecular complexity index is 1040. The van der Waals surface area contributed by atoms with Crippen molar-refractivity contribution in [1.82, 2.24) is 4.98 Å². The summed E-state index contributed by atoms with van der Waals surface area (Å²) in [4.78, 5) is 16.2. The van der Waals surface area contributed by atoms with E-state index in [0.29, 0.717) is 10.6 Å². The first-order valence-electron chi connectivity index (χ1n) is 7.33. The van der Waals surface area contributed by atoms with Crippen molar-refractivity contribution in [3.8, 4) is 0 Å². The molecule has 1 N–H and O–H groups in total. The SMILES string of the molecule is O=C(Nc1ccc(Cl)nc1)c1ccc(S(=O)(=O)Cc2cccs2)c(F)c1. The van der Waals surface area contributed by atoms with Crippen LogP contribution < -0.4 is 5.32 Å². The Labute approximate surface area is 158 Å². The number of hydrogen-bond donors (Lipinski definition) is 1. The second-order valence-corrected chi connectivity index (χ2v) is 8.68. The molecule has 0 saturated heterocycles. The van der Waals surface area contributed by atoms with E-state index >= 15 is 0 Å². The number of pyridine rings is 1. The zero-order chi connectivity index (χ0) is 18.7. The second kappa shape index (κ2) is 7.53. The van der Waals surface area contributed by atoms with Crippen LogP contribution in [0.25, 0.3) is 0 Å². The number of hydrogen-bond acceptors (Lipinski definition) is 5. The number of aromatic nitrogens is 1. The topological polar surface area (TPSA) is 76.1 Å². The molecule has 1 amide bonds. The van der Waals surface area contributed by atoms with Crippen LogP contribution in [0.2, 0.25) is 5.15 Å². The van der Waals surface area contributed by atoms with Crippen molar-refractivity contribution < 1.29 is 17.6 Å². The van der Waals surface area contributed by atoms with E-state index < -0.39 is 26.5 Å². The Balaban J connectivity index is 1.80. The van der Waals surface area contributed by atoms with Crippen LogP contribution in [0.3, 0.4) is 0 Å². The number of carbonyl (C=O) groups is 1. The Hall–Kier alpha value is -2.29. The van der Waals surface area contributed by atoms with E-state index in [0.717, 1.165) is 12.1 Å². The van der Waals surface area contributed by atoms with Gasteiger partial charge in [0.2, 0.25) is 0 Å². The van der Waals surface area contributed by atoms with Crippen LogP contribution in [0, 0.1) is 5.82 Å². The fourth-order valence-electron chi connectivity index (χ4n) is 2.21. The van der Waals surface area contributed by atoms with Gasteiger partial charge in [-0.1, -0.05) is 17.7 Å². The average molecular weight is 411 g/mol. The lowest BCUT2D eigenvalue weighted by Gasteiger charge is -2.08. The minimum Gasteiger partial charge on any atom is -0.321 e. The molecule has 0 spiro atoms. The first-order chi connectivity index (χ1) is 12.3. The smallest absolute Gasteiger partial charge is 0.255 e. The number of amides is 1. The number of carbonyl (C=O) groups excluding carboxylic acids is 1. The average Bonchev–Trinajstić information content (AvgIpc) is 3.08. The molecule has 3 aromatic rings. The minimum atomic E-state index is -3.84. The number of nitrogens with zero attached hydrogens (tertiary/aromatic N) is 1. The zero-order valence-electron chi connectivity index (χ0n) is 13.1. The van der Waals surface area contributed by atoms with Gasteiger partial charge in [0, 0.05) is 10.4 Å². The Kier molecular flexibility index (Phi) is 5.36. The molecule has 0 bridgehead atoms. The van der Waals surface area contributed by atoms with Crippen LogP contribution in [-0.2, 0) is 15.6 Å². The molecule has 0 radical (unpaired) electrons. The molecule has 0 fully saturated rings. The van der Waals surface area contributed by atoms with E-state index in [2.05, 4.69) is 10.3 Å². The summed E-state index contributed by atoms with van der Waals surface area (Å²) in [5.41, 5.74) is 0.377. The predicted molar refractivity (Wildman–Crippen MR) is 98.8 cm³/mol. The van der Waals surface area contributed by atoms with E-state index in [1.807, 2.05) is 0 Å². The van der Waals surface area contributed by atoms with Crippen LogP contribution in [0.5, 0.6) is 0 Å². The molecule has 2 heterocycles. The number of anilines is 1. The number of sulfone groups is 1. The lowest BCUT2D eigenvalue weighted by molar-refractivity contribution is 0.102. The summed E-state index contributed by atoms with van der Waals surface area (Å²) in [6, 6.07) is 9.71. The van der Waals surface area contributed by atoms with E-state index in [9.17, 15) is 17.6 Å². The third kappa shape index (κ3) is 4.27. The van der Waals surface area contributed by atoms with Gasteiger partial charge in [0.25, 0.3) is 5.91 Å². The molecule has 0 aliphatic heterocycles. The Morgan fingerprint density at radius 1 is 1.23 bits per heavy atom. The molecule has 0 saturated carbocycles. The van der Waals surface area contributed by atoms with Gasteiger partial charge in [-0.05, 0) is 41.8 Å². The van der Waals surface area contributed by atoms with Crippen molar-refractivity contribution in [3.63, 3.8) is 0 Å². The van der Waals surface area contributed by atoms with Gasteiger partial charge in [0.05, 0.1) is 17.6 Å². The zero-order valence-corrected chi connectivity index (χ0v) is 15.5. The van der Waals surface area contributed by atoms with Crippen LogP contribution in [0.1, 0.15) is 15.2 Å². The van der Waals surface area contributed by atoms with E-state index in [1.54, 1.807) is 23.6 Å². The number of rotatable bonds is 5. The molecule has 1 aromatic carbocycles. The standard InChI is InChI=1S/C17H12ClFN2O3S2/c18-16-6-4-12(9-20-16)21-17(22)11-3-5-15(14(19)8-11)26(23,24)10-13-2-1-7-25-13/h1-9H,10H2,(H,21,22). The molecule has 0 aliphatic carbocycles. The van der Waals surface area contributed by atoms with Crippen LogP contribution in [0.4, 0.5) is 10.1 Å². The highest BCUT2D eigenvalue weighted by Crippen LogP contribution is 2.23.